The molecule has 30 heavy (non-hydrogen) atoms. The molecular weight excluding hydrogens is 426 g/mol. The quantitative estimate of drug-likeness (QED) is 0.637. The van der Waals surface area contributed by atoms with Gasteiger partial charge in [-0.25, -0.2) is 18.4 Å². The van der Waals surface area contributed by atoms with Crippen LogP contribution in [0.2, 0.25) is 0 Å². The molecule has 1 aliphatic heterocycles. The fraction of sp³-hybridized carbons (Fsp3) is 0.350. The summed E-state index contributed by atoms with van der Waals surface area (Å²) in [7, 11) is -1.94. The van der Waals surface area contributed by atoms with Gasteiger partial charge >= 0.3 is 0 Å². The van der Waals surface area contributed by atoms with Crippen LogP contribution in [0.15, 0.2) is 35.5 Å². The van der Waals surface area contributed by atoms with E-state index < -0.39 is 15.7 Å². The van der Waals surface area contributed by atoms with E-state index in [4.69, 9.17) is 9.47 Å². The highest BCUT2D eigenvalue weighted by Crippen LogP contribution is 2.40. The number of fused-ring (bicyclic) bond motifs is 1. The van der Waals surface area contributed by atoms with Gasteiger partial charge in [0.05, 0.1) is 17.9 Å². The van der Waals surface area contributed by atoms with Crippen molar-refractivity contribution in [2.45, 2.75) is 30.4 Å². The first-order chi connectivity index (χ1) is 14.4. The maximum atomic E-state index is 12.7. The SMILES string of the molecule is COc1ccc(C2CCCCO2)c2sc(NC(=O)c3ccnc(S(C)(=O)=O)c3)nc12. The van der Waals surface area contributed by atoms with Gasteiger partial charge in [-0.15, -0.1) is 0 Å². The number of benzene rings is 1. The molecule has 0 spiro atoms. The molecule has 158 valence electrons. The maximum absolute atomic E-state index is 12.7. The summed E-state index contributed by atoms with van der Waals surface area (Å²) in [6, 6.07) is 6.56. The number of carbonyl (C=O) groups excluding carboxylic acids is 1. The number of rotatable bonds is 5. The van der Waals surface area contributed by atoms with Gasteiger partial charge in [0.1, 0.15) is 11.3 Å². The molecule has 0 radical (unpaired) electrons. The topological polar surface area (TPSA) is 107 Å². The highest BCUT2D eigenvalue weighted by atomic mass is 32.2. The van der Waals surface area contributed by atoms with Crippen molar-refractivity contribution in [3.8, 4) is 5.75 Å². The third-order valence-corrected chi connectivity index (χ3v) is 6.88. The van der Waals surface area contributed by atoms with Gasteiger partial charge in [-0.1, -0.05) is 17.4 Å². The number of aromatic nitrogens is 2. The molecule has 8 nitrogen and oxygen atoms in total. The lowest BCUT2D eigenvalue weighted by Crippen LogP contribution is -2.13. The summed E-state index contributed by atoms with van der Waals surface area (Å²) in [6.45, 7) is 0.727. The van der Waals surface area contributed by atoms with E-state index in [2.05, 4.69) is 15.3 Å². The van der Waals surface area contributed by atoms with Crippen molar-refractivity contribution < 1.29 is 22.7 Å². The summed E-state index contributed by atoms with van der Waals surface area (Å²) in [5, 5.41) is 3.00. The zero-order valence-corrected chi connectivity index (χ0v) is 18.2. The fourth-order valence-electron chi connectivity index (χ4n) is 3.38. The van der Waals surface area contributed by atoms with E-state index in [0.29, 0.717) is 16.4 Å². The first kappa shape index (κ1) is 20.7. The first-order valence-electron chi connectivity index (χ1n) is 9.43. The number of amides is 1. The summed E-state index contributed by atoms with van der Waals surface area (Å²) < 4.78 is 35.7. The van der Waals surface area contributed by atoms with E-state index >= 15 is 0 Å². The third-order valence-electron chi connectivity index (χ3n) is 4.88. The number of ether oxygens (including phenoxy) is 2. The van der Waals surface area contributed by atoms with Crippen molar-refractivity contribution in [2.24, 2.45) is 0 Å². The van der Waals surface area contributed by atoms with Crippen LogP contribution in [0, 0.1) is 0 Å². The summed E-state index contributed by atoms with van der Waals surface area (Å²) in [5.41, 5.74) is 1.88. The Balaban J connectivity index is 1.67. The van der Waals surface area contributed by atoms with Crippen LogP contribution in [-0.4, -0.2) is 44.3 Å². The summed E-state index contributed by atoms with van der Waals surface area (Å²) in [5.74, 6) is 0.153. The van der Waals surface area contributed by atoms with E-state index in [9.17, 15) is 13.2 Å². The molecule has 3 aromatic rings. The Morgan fingerprint density at radius 1 is 1.30 bits per heavy atom. The Morgan fingerprint density at radius 2 is 2.13 bits per heavy atom. The zero-order valence-electron chi connectivity index (χ0n) is 16.5. The van der Waals surface area contributed by atoms with E-state index in [0.717, 1.165) is 42.4 Å². The van der Waals surface area contributed by atoms with Crippen LogP contribution < -0.4 is 10.1 Å². The number of pyridine rings is 1. The largest absolute Gasteiger partial charge is 0.494 e. The van der Waals surface area contributed by atoms with E-state index in [1.54, 1.807) is 7.11 Å². The molecule has 1 saturated heterocycles. The summed E-state index contributed by atoms with van der Waals surface area (Å²) in [6.07, 6.45) is 5.43. The number of anilines is 1. The van der Waals surface area contributed by atoms with Gasteiger partial charge in [0.2, 0.25) is 0 Å². The van der Waals surface area contributed by atoms with E-state index in [1.165, 1.54) is 29.7 Å². The molecule has 10 heteroatoms. The van der Waals surface area contributed by atoms with Crippen LogP contribution >= 0.6 is 11.3 Å². The summed E-state index contributed by atoms with van der Waals surface area (Å²) in [4.78, 5) is 21.0. The molecule has 1 N–H and O–H groups in total. The molecule has 0 aliphatic carbocycles. The number of methoxy groups -OCH3 is 1. The second-order valence-corrected chi connectivity index (χ2v) is 9.98. The maximum Gasteiger partial charge on any atom is 0.257 e. The average molecular weight is 448 g/mol. The van der Waals surface area contributed by atoms with Crippen LogP contribution in [0.25, 0.3) is 10.2 Å². The standard InChI is InChI=1S/C20H21N3O5S2/c1-27-15-7-6-13(14-5-3-4-10-28-14)18-17(15)22-20(29-18)23-19(24)12-8-9-21-16(11-12)30(2,25)26/h6-9,11,14H,3-5,10H2,1-2H3,(H,22,23,24). The molecule has 4 rings (SSSR count). The number of thiazole rings is 1. The lowest BCUT2D eigenvalue weighted by atomic mass is 10.0. The third kappa shape index (κ3) is 4.16. The highest BCUT2D eigenvalue weighted by molar-refractivity contribution is 7.90. The van der Waals surface area contributed by atoms with Crippen LogP contribution in [0.1, 0.15) is 41.3 Å². The van der Waals surface area contributed by atoms with Gasteiger partial charge in [-0.2, -0.15) is 0 Å². The van der Waals surface area contributed by atoms with Crippen LogP contribution in [0.5, 0.6) is 5.75 Å². The summed E-state index contributed by atoms with van der Waals surface area (Å²) >= 11 is 1.34. The second kappa shape index (κ2) is 8.29. The molecule has 1 aliphatic rings. The van der Waals surface area contributed by atoms with Gasteiger partial charge in [-0.05, 0) is 37.5 Å². The molecule has 1 unspecified atom stereocenters. The first-order valence-corrected chi connectivity index (χ1v) is 12.1. The number of hydrogen-bond donors (Lipinski definition) is 1. The predicted octanol–water partition coefficient (Wildman–Crippen LogP) is 3.60. The smallest absolute Gasteiger partial charge is 0.257 e. The number of hydrogen-bond acceptors (Lipinski definition) is 8. The minimum atomic E-state index is -3.51. The van der Waals surface area contributed by atoms with Crippen molar-refractivity contribution in [3.05, 3.63) is 41.6 Å². The van der Waals surface area contributed by atoms with Crippen molar-refractivity contribution in [3.63, 3.8) is 0 Å². The molecule has 1 aromatic carbocycles. The van der Waals surface area contributed by atoms with Crippen molar-refractivity contribution >= 4 is 42.4 Å². The van der Waals surface area contributed by atoms with Crippen LogP contribution in [0.3, 0.4) is 0 Å². The van der Waals surface area contributed by atoms with E-state index in [1.807, 2.05) is 12.1 Å². The Labute approximate surface area is 178 Å². The molecule has 1 atom stereocenters. The van der Waals surface area contributed by atoms with Gasteiger partial charge in [0, 0.05) is 30.2 Å². The van der Waals surface area contributed by atoms with Gasteiger partial charge in [0.15, 0.2) is 20.0 Å². The van der Waals surface area contributed by atoms with Crippen LogP contribution in [-0.2, 0) is 14.6 Å². The number of sulfone groups is 1. The van der Waals surface area contributed by atoms with E-state index in [-0.39, 0.29) is 16.7 Å². The normalized spacial score (nSPS) is 17.1. The average Bonchev–Trinajstić information content (AvgIpc) is 3.16. The number of nitrogens with one attached hydrogen (secondary N) is 1. The predicted molar refractivity (Wildman–Crippen MR) is 114 cm³/mol. The Hall–Kier alpha value is -2.56. The Morgan fingerprint density at radius 3 is 2.83 bits per heavy atom. The van der Waals surface area contributed by atoms with Crippen molar-refractivity contribution in [1.29, 1.82) is 0 Å². The Bertz CT molecular complexity index is 1200. The second-order valence-electron chi connectivity index (χ2n) is 7.02. The van der Waals surface area contributed by atoms with Gasteiger partial charge in [-0.3, -0.25) is 10.1 Å². The lowest BCUT2D eigenvalue weighted by Gasteiger charge is -2.23. The molecule has 2 aromatic heterocycles. The van der Waals surface area contributed by atoms with Crippen LogP contribution in [0.4, 0.5) is 5.13 Å². The monoisotopic (exact) mass is 447 g/mol. The molecule has 1 fully saturated rings. The number of carbonyl (C=O) groups is 1. The molecular formula is C20H21N3O5S2. The van der Waals surface area contributed by atoms with Crippen molar-refractivity contribution in [2.75, 3.05) is 25.3 Å². The minimum absolute atomic E-state index is 0.00586. The minimum Gasteiger partial charge on any atom is -0.494 e. The van der Waals surface area contributed by atoms with Crippen molar-refractivity contribution in [1.82, 2.24) is 9.97 Å². The molecule has 3 heterocycles. The molecule has 0 bridgehead atoms. The number of nitrogens with zero attached hydrogens (tertiary/aromatic N) is 2. The molecule has 1 amide bonds. The lowest BCUT2D eigenvalue weighted by molar-refractivity contribution is 0.0159. The fourth-order valence-corrected chi connectivity index (χ4v) is 5.01. The highest BCUT2D eigenvalue weighted by Gasteiger charge is 2.23. The zero-order chi connectivity index (χ0) is 21.3. The molecule has 0 saturated carbocycles. The van der Waals surface area contributed by atoms with Gasteiger partial charge in [0.25, 0.3) is 5.91 Å². The van der Waals surface area contributed by atoms with Gasteiger partial charge < -0.3 is 9.47 Å². The Kier molecular flexibility index (Phi) is 5.72.